The number of aryl methyl sites for hydroxylation is 2. The molecule has 1 saturated heterocycles. The topological polar surface area (TPSA) is 59.7 Å². The molecule has 158 valence electrons. The van der Waals surface area contributed by atoms with E-state index in [0.29, 0.717) is 6.54 Å². The first-order valence-electron chi connectivity index (χ1n) is 10.6. The fourth-order valence-corrected chi connectivity index (χ4v) is 4.16. The van der Waals surface area contributed by atoms with E-state index in [1.807, 2.05) is 42.4 Å². The van der Waals surface area contributed by atoms with E-state index < -0.39 is 5.60 Å². The highest BCUT2D eigenvalue weighted by Crippen LogP contribution is 2.31. The third kappa shape index (κ3) is 4.04. The highest BCUT2D eigenvalue weighted by atomic mass is 16.6. The standard InChI is InChI=1S/C24H30N4O2/c1-16-8-6-9-18(14-16)21-17(2)22-25-12-11-20(28(22)26-21)19-10-7-13-27(15-19)23(29)30-24(3,4)5/h6,8-9,11-12,14,19H,7,10,13,15H2,1-5H3/t19-/m1/s1. The van der Waals surface area contributed by atoms with Crippen LogP contribution in [-0.4, -0.2) is 44.3 Å². The van der Waals surface area contributed by atoms with E-state index in [1.54, 1.807) is 0 Å². The highest BCUT2D eigenvalue weighted by molar-refractivity contribution is 5.71. The van der Waals surface area contributed by atoms with Gasteiger partial charge in [-0.2, -0.15) is 5.10 Å². The molecule has 3 heterocycles. The molecule has 6 heteroatoms. The molecule has 1 amide bonds. The minimum atomic E-state index is -0.490. The number of rotatable bonds is 2. The molecular formula is C24H30N4O2. The van der Waals surface area contributed by atoms with Gasteiger partial charge in [0.25, 0.3) is 0 Å². The van der Waals surface area contributed by atoms with Crippen LogP contribution in [0.15, 0.2) is 36.5 Å². The van der Waals surface area contributed by atoms with Gasteiger partial charge in [-0.15, -0.1) is 0 Å². The summed E-state index contributed by atoms with van der Waals surface area (Å²) in [4.78, 5) is 19.0. The molecule has 0 spiro atoms. The lowest BCUT2D eigenvalue weighted by atomic mass is 9.94. The molecular weight excluding hydrogens is 376 g/mol. The smallest absolute Gasteiger partial charge is 0.410 e. The zero-order chi connectivity index (χ0) is 21.5. The van der Waals surface area contributed by atoms with Gasteiger partial charge in [-0.05, 0) is 59.6 Å². The Labute approximate surface area is 177 Å². The molecule has 1 atom stereocenters. The molecule has 0 aliphatic carbocycles. The van der Waals surface area contributed by atoms with Crippen LogP contribution < -0.4 is 0 Å². The van der Waals surface area contributed by atoms with Crippen molar-refractivity contribution in [3.8, 4) is 11.3 Å². The first-order chi connectivity index (χ1) is 14.2. The molecule has 0 radical (unpaired) electrons. The van der Waals surface area contributed by atoms with E-state index >= 15 is 0 Å². The summed E-state index contributed by atoms with van der Waals surface area (Å²) < 4.78 is 7.56. The average Bonchev–Trinajstić information content (AvgIpc) is 3.04. The number of benzene rings is 1. The number of hydrogen-bond acceptors (Lipinski definition) is 4. The zero-order valence-corrected chi connectivity index (χ0v) is 18.5. The fourth-order valence-electron chi connectivity index (χ4n) is 4.16. The Morgan fingerprint density at radius 1 is 1.20 bits per heavy atom. The van der Waals surface area contributed by atoms with Gasteiger partial charge in [0, 0.05) is 36.3 Å². The van der Waals surface area contributed by atoms with Crippen LogP contribution in [0.3, 0.4) is 0 Å². The van der Waals surface area contributed by atoms with Gasteiger partial charge in [-0.1, -0.05) is 23.8 Å². The molecule has 30 heavy (non-hydrogen) atoms. The van der Waals surface area contributed by atoms with Crippen molar-refractivity contribution in [2.45, 2.75) is 59.0 Å². The van der Waals surface area contributed by atoms with Crippen LogP contribution >= 0.6 is 0 Å². The van der Waals surface area contributed by atoms with Crippen molar-refractivity contribution in [2.75, 3.05) is 13.1 Å². The van der Waals surface area contributed by atoms with Crippen LogP contribution in [0.1, 0.15) is 56.4 Å². The predicted molar refractivity (Wildman–Crippen MR) is 118 cm³/mol. The number of nitrogens with zero attached hydrogens (tertiary/aromatic N) is 4. The van der Waals surface area contributed by atoms with Crippen LogP contribution in [0.25, 0.3) is 16.9 Å². The second kappa shape index (κ2) is 7.74. The Hall–Kier alpha value is -2.89. The van der Waals surface area contributed by atoms with Gasteiger partial charge in [0.2, 0.25) is 0 Å². The summed E-state index contributed by atoms with van der Waals surface area (Å²) in [6.45, 7) is 11.2. The van der Waals surface area contributed by atoms with Crippen molar-refractivity contribution in [3.63, 3.8) is 0 Å². The minimum absolute atomic E-state index is 0.196. The Balaban J connectivity index is 1.67. The van der Waals surface area contributed by atoms with Crippen molar-refractivity contribution < 1.29 is 9.53 Å². The molecule has 1 aliphatic rings. The fraction of sp³-hybridized carbons (Fsp3) is 0.458. The number of amides is 1. The first kappa shape index (κ1) is 20.4. The number of carbonyl (C=O) groups excluding carboxylic acids is 1. The summed E-state index contributed by atoms with van der Waals surface area (Å²) in [5.74, 6) is 0.196. The molecule has 0 bridgehead atoms. The van der Waals surface area contributed by atoms with Crippen LogP contribution in [-0.2, 0) is 4.74 Å². The van der Waals surface area contributed by atoms with Gasteiger partial charge < -0.3 is 9.64 Å². The van der Waals surface area contributed by atoms with Gasteiger partial charge in [0.05, 0.1) is 11.4 Å². The molecule has 2 aromatic heterocycles. The maximum atomic E-state index is 12.6. The summed E-state index contributed by atoms with van der Waals surface area (Å²) >= 11 is 0. The van der Waals surface area contributed by atoms with E-state index in [1.165, 1.54) is 5.56 Å². The van der Waals surface area contributed by atoms with Crippen molar-refractivity contribution in [1.29, 1.82) is 0 Å². The molecule has 0 N–H and O–H groups in total. The molecule has 6 nitrogen and oxygen atoms in total. The normalized spacial score (nSPS) is 17.4. The summed E-state index contributed by atoms with van der Waals surface area (Å²) in [5.41, 5.74) is 5.81. The number of carbonyl (C=O) groups is 1. The van der Waals surface area contributed by atoms with E-state index in [9.17, 15) is 4.79 Å². The maximum absolute atomic E-state index is 12.6. The SMILES string of the molecule is Cc1cccc(-c2nn3c([C@@H]4CCCN(C(=O)OC(C)(C)C)C4)ccnc3c2C)c1. The molecule has 3 aromatic rings. The lowest BCUT2D eigenvalue weighted by Gasteiger charge is -2.34. The van der Waals surface area contributed by atoms with Gasteiger partial charge >= 0.3 is 6.09 Å². The summed E-state index contributed by atoms with van der Waals surface area (Å²) in [6, 6.07) is 10.4. The number of fused-ring (bicyclic) bond motifs is 1. The van der Waals surface area contributed by atoms with Crippen LogP contribution in [0, 0.1) is 13.8 Å². The molecule has 0 unspecified atom stereocenters. The van der Waals surface area contributed by atoms with Crippen molar-refractivity contribution in [1.82, 2.24) is 19.5 Å². The first-order valence-corrected chi connectivity index (χ1v) is 10.6. The van der Waals surface area contributed by atoms with Crippen LogP contribution in [0.5, 0.6) is 0 Å². The average molecular weight is 407 g/mol. The van der Waals surface area contributed by atoms with Gasteiger partial charge in [0.15, 0.2) is 5.65 Å². The lowest BCUT2D eigenvalue weighted by Crippen LogP contribution is -2.42. The minimum Gasteiger partial charge on any atom is -0.444 e. The monoisotopic (exact) mass is 406 g/mol. The Bertz CT molecular complexity index is 1080. The van der Waals surface area contributed by atoms with E-state index in [-0.39, 0.29) is 12.0 Å². The third-order valence-electron chi connectivity index (χ3n) is 5.56. The lowest BCUT2D eigenvalue weighted by molar-refractivity contribution is 0.0196. The van der Waals surface area contributed by atoms with Crippen LogP contribution in [0.4, 0.5) is 4.79 Å². The molecule has 1 fully saturated rings. The predicted octanol–water partition coefficient (Wildman–Crippen LogP) is 5.13. The maximum Gasteiger partial charge on any atom is 0.410 e. The van der Waals surface area contributed by atoms with Crippen molar-refractivity contribution >= 4 is 11.7 Å². The van der Waals surface area contributed by atoms with Crippen molar-refractivity contribution in [2.24, 2.45) is 0 Å². The van der Waals surface area contributed by atoms with E-state index in [4.69, 9.17) is 9.84 Å². The molecule has 0 saturated carbocycles. The van der Waals surface area contributed by atoms with Gasteiger partial charge in [0.1, 0.15) is 5.60 Å². The Morgan fingerprint density at radius 3 is 2.73 bits per heavy atom. The quantitative estimate of drug-likeness (QED) is 0.592. The zero-order valence-electron chi connectivity index (χ0n) is 18.5. The van der Waals surface area contributed by atoms with Gasteiger partial charge in [-0.25, -0.2) is 14.3 Å². The number of piperidine rings is 1. The third-order valence-corrected chi connectivity index (χ3v) is 5.56. The molecule has 1 aromatic carbocycles. The summed E-state index contributed by atoms with van der Waals surface area (Å²) in [7, 11) is 0. The molecule has 1 aliphatic heterocycles. The largest absolute Gasteiger partial charge is 0.444 e. The Morgan fingerprint density at radius 2 is 2.00 bits per heavy atom. The summed E-state index contributed by atoms with van der Waals surface area (Å²) in [6.07, 6.45) is 3.57. The van der Waals surface area contributed by atoms with Gasteiger partial charge in [-0.3, -0.25) is 0 Å². The van der Waals surface area contributed by atoms with Crippen molar-refractivity contribution in [3.05, 3.63) is 53.3 Å². The Kier molecular flexibility index (Phi) is 5.26. The number of aromatic nitrogens is 3. The highest BCUT2D eigenvalue weighted by Gasteiger charge is 2.30. The number of likely N-dealkylation sites (tertiary alicyclic amines) is 1. The van der Waals surface area contributed by atoms with Crippen LogP contribution in [0.2, 0.25) is 0 Å². The summed E-state index contributed by atoms with van der Waals surface area (Å²) in [5, 5.41) is 4.95. The number of ether oxygens (including phenoxy) is 1. The van der Waals surface area contributed by atoms with E-state index in [2.05, 4.69) is 43.1 Å². The number of hydrogen-bond donors (Lipinski definition) is 0. The van der Waals surface area contributed by atoms with E-state index in [0.717, 1.165) is 47.5 Å². The second-order valence-corrected chi connectivity index (χ2v) is 9.21. The second-order valence-electron chi connectivity index (χ2n) is 9.21. The molecule has 4 rings (SSSR count).